The summed E-state index contributed by atoms with van der Waals surface area (Å²) in [5, 5.41) is 4.65. The van der Waals surface area contributed by atoms with E-state index in [1.165, 1.54) is 32.1 Å². The van der Waals surface area contributed by atoms with Crippen LogP contribution in [0.5, 0.6) is 0 Å². The standard InChI is InChI=1S/C16H22N4/c1-11-10-13(17)8-9-14(11)16-18-15(19-20(16)2)12-6-4-3-5-7-12/h8-10,12H,3-7,17H2,1-2H3. The molecule has 4 nitrogen and oxygen atoms in total. The molecule has 1 aliphatic rings. The highest BCUT2D eigenvalue weighted by Crippen LogP contribution is 2.32. The molecule has 0 aliphatic heterocycles. The second kappa shape index (κ2) is 5.27. The Hall–Kier alpha value is -1.84. The Bertz CT molecular complexity index is 609. The highest BCUT2D eigenvalue weighted by Gasteiger charge is 2.21. The fourth-order valence-electron chi connectivity index (χ4n) is 3.11. The lowest BCUT2D eigenvalue weighted by molar-refractivity contribution is 0.427. The Morgan fingerprint density at radius 3 is 2.65 bits per heavy atom. The summed E-state index contributed by atoms with van der Waals surface area (Å²) < 4.78 is 1.91. The first-order valence-electron chi connectivity index (χ1n) is 7.42. The van der Waals surface area contributed by atoms with Crippen LogP contribution in [0.3, 0.4) is 0 Å². The molecule has 1 aromatic heterocycles. The zero-order valence-corrected chi connectivity index (χ0v) is 12.3. The summed E-state index contributed by atoms with van der Waals surface area (Å²) >= 11 is 0. The van der Waals surface area contributed by atoms with Crippen LogP contribution in [-0.4, -0.2) is 14.8 Å². The third-order valence-corrected chi connectivity index (χ3v) is 4.24. The third-order valence-electron chi connectivity index (χ3n) is 4.24. The maximum atomic E-state index is 5.82. The minimum Gasteiger partial charge on any atom is -0.399 e. The van der Waals surface area contributed by atoms with Gasteiger partial charge in [-0.25, -0.2) is 9.67 Å². The van der Waals surface area contributed by atoms with E-state index in [2.05, 4.69) is 12.0 Å². The molecule has 2 aromatic rings. The van der Waals surface area contributed by atoms with Crippen LogP contribution in [0.25, 0.3) is 11.4 Å². The van der Waals surface area contributed by atoms with E-state index in [1.54, 1.807) is 0 Å². The summed E-state index contributed by atoms with van der Waals surface area (Å²) in [6.45, 7) is 2.07. The van der Waals surface area contributed by atoms with E-state index < -0.39 is 0 Å². The summed E-state index contributed by atoms with van der Waals surface area (Å²) in [5.74, 6) is 2.50. The molecular formula is C16H22N4. The summed E-state index contributed by atoms with van der Waals surface area (Å²) in [6, 6.07) is 5.96. The lowest BCUT2D eigenvalue weighted by Gasteiger charge is -2.18. The number of anilines is 1. The molecule has 4 heteroatoms. The highest BCUT2D eigenvalue weighted by molar-refractivity contribution is 5.64. The molecule has 2 N–H and O–H groups in total. The number of nitrogen functional groups attached to an aromatic ring is 1. The zero-order valence-electron chi connectivity index (χ0n) is 12.3. The molecular weight excluding hydrogens is 248 g/mol. The minimum absolute atomic E-state index is 0.540. The van der Waals surface area contributed by atoms with Crippen molar-refractivity contribution in [3.05, 3.63) is 29.6 Å². The molecule has 0 unspecified atom stereocenters. The van der Waals surface area contributed by atoms with Crippen molar-refractivity contribution in [3.8, 4) is 11.4 Å². The van der Waals surface area contributed by atoms with Gasteiger partial charge in [0.1, 0.15) is 0 Å². The first-order chi connectivity index (χ1) is 9.65. The van der Waals surface area contributed by atoms with Gasteiger partial charge in [0.25, 0.3) is 0 Å². The summed E-state index contributed by atoms with van der Waals surface area (Å²) in [5.41, 5.74) is 8.89. The zero-order chi connectivity index (χ0) is 14.1. The predicted octanol–water partition coefficient (Wildman–Crippen LogP) is 3.42. The molecule has 1 fully saturated rings. The molecule has 0 atom stereocenters. The van der Waals surface area contributed by atoms with E-state index in [9.17, 15) is 0 Å². The van der Waals surface area contributed by atoms with Crippen LogP contribution in [0.2, 0.25) is 0 Å². The van der Waals surface area contributed by atoms with Gasteiger partial charge in [0, 0.05) is 24.2 Å². The lowest BCUT2D eigenvalue weighted by atomic mass is 9.89. The molecule has 0 bridgehead atoms. The van der Waals surface area contributed by atoms with E-state index in [1.807, 2.05) is 29.9 Å². The molecule has 1 aromatic carbocycles. The normalized spacial score (nSPS) is 16.5. The minimum atomic E-state index is 0.540. The van der Waals surface area contributed by atoms with Gasteiger partial charge in [0.05, 0.1) is 0 Å². The molecule has 1 saturated carbocycles. The monoisotopic (exact) mass is 270 g/mol. The van der Waals surface area contributed by atoms with Crippen molar-refractivity contribution in [2.24, 2.45) is 7.05 Å². The van der Waals surface area contributed by atoms with Gasteiger partial charge in [-0.1, -0.05) is 19.3 Å². The van der Waals surface area contributed by atoms with Crippen molar-refractivity contribution in [2.75, 3.05) is 5.73 Å². The number of nitrogens with zero attached hydrogens (tertiary/aromatic N) is 3. The Morgan fingerprint density at radius 2 is 1.95 bits per heavy atom. The third kappa shape index (κ3) is 2.42. The second-order valence-corrected chi connectivity index (χ2v) is 5.83. The van der Waals surface area contributed by atoms with E-state index in [-0.39, 0.29) is 0 Å². The van der Waals surface area contributed by atoms with Crippen molar-refractivity contribution in [1.82, 2.24) is 14.8 Å². The summed E-state index contributed by atoms with van der Waals surface area (Å²) in [7, 11) is 1.98. The van der Waals surface area contributed by atoms with Crippen LogP contribution >= 0.6 is 0 Å². The van der Waals surface area contributed by atoms with Crippen LogP contribution in [0.1, 0.15) is 49.4 Å². The van der Waals surface area contributed by atoms with Gasteiger partial charge in [-0.2, -0.15) is 5.10 Å². The van der Waals surface area contributed by atoms with Crippen molar-refractivity contribution in [3.63, 3.8) is 0 Å². The summed E-state index contributed by atoms with van der Waals surface area (Å²) in [6.07, 6.45) is 6.42. The van der Waals surface area contributed by atoms with Gasteiger partial charge in [-0.05, 0) is 43.5 Å². The molecule has 1 aliphatic carbocycles. The van der Waals surface area contributed by atoms with Crippen LogP contribution < -0.4 is 5.73 Å². The Labute approximate surface area is 120 Å². The molecule has 0 saturated heterocycles. The average molecular weight is 270 g/mol. The molecule has 106 valence electrons. The second-order valence-electron chi connectivity index (χ2n) is 5.83. The topological polar surface area (TPSA) is 56.7 Å². The number of benzene rings is 1. The predicted molar refractivity (Wildman–Crippen MR) is 81.4 cm³/mol. The number of nitrogens with two attached hydrogens (primary N) is 1. The Morgan fingerprint density at radius 1 is 1.20 bits per heavy atom. The molecule has 0 radical (unpaired) electrons. The van der Waals surface area contributed by atoms with Gasteiger partial charge >= 0.3 is 0 Å². The lowest BCUT2D eigenvalue weighted by Crippen LogP contribution is -2.06. The van der Waals surface area contributed by atoms with Gasteiger partial charge < -0.3 is 5.73 Å². The highest BCUT2D eigenvalue weighted by atomic mass is 15.3. The maximum absolute atomic E-state index is 5.82. The summed E-state index contributed by atoms with van der Waals surface area (Å²) in [4.78, 5) is 4.81. The number of aromatic nitrogens is 3. The van der Waals surface area contributed by atoms with Crippen LogP contribution in [-0.2, 0) is 7.05 Å². The maximum Gasteiger partial charge on any atom is 0.158 e. The Balaban J connectivity index is 1.95. The molecule has 0 spiro atoms. The SMILES string of the molecule is Cc1cc(N)ccc1-c1nc(C2CCCCC2)nn1C. The number of hydrogen-bond acceptors (Lipinski definition) is 3. The fourth-order valence-corrected chi connectivity index (χ4v) is 3.11. The van der Waals surface area contributed by atoms with Crippen molar-refractivity contribution in [1.29, 1.82) is 0 Å². The van der Waals surface area contributed by atoms with Gasteiger partial charge in [-0.15, -0.1) is 0 Å². The van der Waals surface area contributed by atoms with Crippen molar-refractivity contribution < 1.29 is 0 Å². The van der Waals surface area contributed by atoms with Gasteiger partial charge in [-0.3, -0.25) is 0 Å². The first kappa shape index (κ1) is 13.2. The van der Waals surface area contributed by atoms with E-state index in [0.29, 0.717) is 5.92 Å². The molecule has 3 rings (SSSR count). The number of rotatable bonds is 2. The van der Waals surface area contributed by atoms with Crippen molar-refractivity contribution >= 4 is 5.69 Å². The Kier molecular flexibility index (Phi) is 3.47. The van der Waals surface area contributed by atoms with E-state index in [0.717, 1.165) is 28.5 Å². The average Bonchev–Trinajstić information content (AvgIpc) is 2.82. The number of hydrogen-bond donors (Lipinski definition) is 1. The number of aryl methyl sites for hydroxylation is 2. The van der Waals surface area contributed by atoms with Crippen LogP contribution in [0.15, 0.2) is 18.2 Å². The van der Waals surface area contributed by atoms with E-state index >= 15 is 0 Å². The smallest absolute Gasteiger partial charge is 0.158 e. The first-order valence-corrected chi connectivity index (χ1v) is 7.42. The van der Waals surface area contributed by atoms with Crippen LogP contribution in [0, 0.1) is 6.92 Å². The largest absolute Gasteiger partial charge is 0.399 e. The van der Waals surface area contributed by atoms with Gasteiger partial charge in [0.2, 0.25) is 0 Å². The van der Waals surface area contributed by atoms with E-state index in [4.69, 9.17) is 10.7 Å². The quantitative estimate of drug-likeness (QED) is 0.851. The van der Waals surface area contributed by atoms with Crippen molar-refractivity contribution in [2.45, 2.75) is 44.9 Å². The fraction of sp³-hybridized carbons (Fsp3) is 0.500. The molecule has 20 heavy (non-hydrogen) atoms. The molecule has 0 amide bonds. The van der Waals surface area contributed by atoms with Gasteiger partial charge in [0.15, 0.2) is 11.6 Å². The molecule has 1 heterocycles. The van der Waals surface area contributed by atoms with Crippen LogP contribution in [0.4, 0.5) is 5.69 Å².